The van der Waals surface area contributed by atoms with Crippen LogP contribution in [-0.4, -0.2) is 10.8 Å². The van der Waals surface area contributed by atoms with E-state index in [0.29, 0.717) is 15.6 Å². The van der Waals surface area contributed by atoms with Crippen molar-refractivity contribution in [1.82, 2.24) is 0 Å². The normalized spacial score (nSPS) is 10.7. The van der Waals surface area contributed by atoms with Crippen molar-refractivity contribution < 1.29 is 9.72 Å². The summed E-state index contributed by atoms with van der Waals surface area (Å²) in [5.41, 5.74) is 0.458. The minimum atomic E-state index is -0.578. The van der Waals surface area contributed by atoms with Crippen LogP contribution in [0.5, 0.6) is 0 Å². The number of carbonyl (C=O) groups is 1. The van der Waals surface area contributed by atoms with E-state index in [-0.39, 0.29) is 16.4 Å². The summed E-state index contributed by atoms with van der Waals surface area (Å²) < 4.78 is 0. The highest BCUT2D eigenvalue weighted by atomic mass is 35.5. The highest BCUT2D eigenvalue weighted by Gasteiger charge is 2.11. The van der Waals surface area contributed by atoms with Crippen LogP contribution in [0.1, 0.15) is 5.56 Å². The fraction of sp³-hybridized carbons (Fsp3) is 0. The van der Waals surface area contributed by atoms with Gasteiger partial charge in [-0.15, -0.1) is 0 Å². The predicted molar refractivity (Wildman–Crippen MR) is 92.2 cm³/mol. The van der Waals surface area contributed by atoms with Crippen LogP contribution >= 0.6 is 34.8 Å². The lowest BCUT2D eigenvalue weighted by Crippen LogP contribution is -2.08. The van der Waals surface area contributed by atoms with Crippen LogP contribution in [0.2, 0.25) is 15.1 Å². The van der Waals surface area contributed by atoms with Gasteiger partial charge in [-0.1, -0.05) is 40.9 Å². The van der Waals surface area contributed by atoms with Gasteiger partial charge < -0.3 is 5.32 Å². The second-order valence-corrected chi connectivity index (χ2v) is 5.60. The van der Waals surface area contributed by atoms with Crippen molar-refractivity contribution in [3.05, 3.63) is 73.2 Å². The topological polar surface area (TPSA) is 72.2 Å². The standard InChI is InChI=1S/C15H9Cl3N2O3/c16-11-2-1-3-12(17)10(11)5-7-15(21)19-14-8-9(20(22)23)4-6-13(14)18/h1-8H,(H,19,21). The average molecular weight is 372 g/mol. The molecule has 2 aromatic rings. The Kier molecular flexibility index (Phi) is 5.60. The van der Waals surface area contributed by atoms with Crippen LogP contribution in [0.4, 0.5) is 11.4 Å². The lowest BCUT2D eigenvalue weighted by molar-refractivity contribution is -0.384. The zero-order valence-corrected chi connectivity index (χ0v) is 13.7. The molecule has 0 radical (unpaired) electrons. The predicted octanol–water partition coefficient (Wildman–Crippen LogP) is 5.21. The minimum absolute atomic E-state index is 0.140. The van der Waals surface area contributed by atoms with E-state index >= 15 is 0 Å². The molecule has 1 amide bonds. The van der Waals surface area contributed by atoms with Gasteiger partial charge in [0.15, 0.2) is 0 Å². The van der Waals surface area contributed by atoms with Crippen LogP contribution < -0.4 is 5.32 Å². The minimum Gasteiger partial charge on any atom is -0.321 e. The third-order valence-electron chi connectivity index (χ3n) is 2.82. The SMILES string of the molecule is O=C(C=Cc1c(Cl)cccc1Cl)Nc1cc([N+](=O)[O-])ccc1Cl. The Balaban J connectivity index is 2.18. The van der Waals surface area contributed by atoms with Crippen molar-refractivity contribution in [2.75, 3.05) is 5.32 Å². The highest BCUT2D eigenvalue weighted by molar-refractivity contribution is 6.37. The summed E-state index contributed by atoms with van der Waals surface area (Å²) in [7, 11) is 0. The molecule has 0 spiro atoms. The van der Waals surface area contributed by atoms with Crippen molar-refractivity contribution in [2.24, 2.45) is 0 Å². The van der Waals surface area contributed by atoms with E-state index in [1.807, 2.05) is 0 Å². The van der Waals surface area contributed by atoms with Crippen LogP contribution in [-0.2, 0) is 4.79 Å². The van der Waals surface area contributed by atoms with Crippen molar-refractivity contribution in [2.45, 2.75) is 0 Å². The first kappa shape index (κ1) is 17.3. The number of hydrogen-bond donors (Lipinski definition) is 1. The molecule has 0 fully saturated rings. The maximum absolute atomic E-state index is 11.9. The van der Waals surface area contributed by atoms with E-state index in [2.05, 4.69) is 5.32 Å². The number of anilines is 1. The number of amides is 1. The van der Waals surface area contributed by atoms with Crippen molar-refractivity contribution in [1.29, 1.82) is 0 Å². The number of benzene rings is 2. The number of non-ortho nitro benzene ring substituents is 1. The van der Waals surface area contributed by atoms with E-state index in [1.54, 1.807) is 18.2 Å². The fourth-order valence-corrected chi connectivity index (χ4v) is 2.41. The molecule has 0 aliphatic rings. The van der Waals surface area contributed by atoms with E-state index in [1.165, 1.54) is 30.4 Å². The molecule has 0 atom stereocenters. The quantitative estimate of drug-likeness (QED) is 0.456. The molecule has 0 aliphatic carbocycles. The second kappa shape index (κ2) is 7.46. The Morgan fingerprint density at radius 2 is 1.74 bits per heavy atom. The number of carbonyl (C=O) groups excluding carboxylic acids is 1. The van der Waals surface area contributed by atoms with Gasteiger partial charge in [-0.25, -0.2) is 0 Å². The van der Waals surface area contributed by atoms with E-state index in [9.17, 15) is 14.9 Å². The zero-order chi connectivity index (χ0) is 17.0. The van der Waals surface area contributed by atoms with Crippen LogP contribution in [0, 0.1) is 10.1 Å². The van der Waals surface area contributed by atoms with Gasteiger partial charge in [0.1, 0.15) is 0 Å². The Bertz CT molecular complexity index is 786. The van der Waals surface area contributed by atoms with Crippen LogP contribution in [0.25, 0.3) is 6.08 Å². The number of rotatable bonds is 4. The third-order valence-corrected chi connectivity index (χ3v) is 3.81. The Morgan fingerprint density at radius 1 is 1.09 bits per heavy atom. The summed E-state index contributed by atoms with van der Waals surface area (Å²) in [6.45, 7) is 0. The molecule has 0 aliphatic heterocycles. The molecule has 0 bridgehead atoms. The molecule has 1 N–H and O–H groups in total. The lowest BCUT2D eigenvalue weighted by Gasteiger charge is -2.05. The maximum atomic E-state index is 11.9. The summed E-state index contributed by atoms with van der Waals surface area (Å²) in [4.78, 5) is 22.1. The summed E-state index contributed by atoms with van der Waals surface area (Å²) in [5.74, 6) is -0.525. The van der Waals surface area contributed by atoms with Gasteiger partial charge in [0.25, 0.3) is 5.69 Å². The Hall–Kier alpha value is -2.08. The molecule has 2 rings (SSSR count). The molecule has 0 aromatic heterocycles. The number of nitro benzene ring substituents is 1. The van der Waals surface area contributed by atoms with Crippen LogP contribution in [0.15, 0.2) is 42.5 Å². The maximum Gasteiger partial charge on any atom is 0.271 e. The summed E-state index contributed by atoms with van der Waals surface area (Å²) in [6.07, 6.45) is 2.66. The van der Waals surface area contributed by atoms with Gasteiger partial charge in [-0.05, 0) is 24.3 Å². The van der Waals surface area contributed by atoms with E-state index < -0.39 is 10.8 Å². The van der Waals surface area contributed by atoms with E-state index in [4.69, 9.17) is 34.8 Å². The lowest BCUT2D eigenvalue weighted by atomic mass is 10.2. The fourth-order valence-electron chi connectivity index (χ4n) is 1.73. The number of halogens is 3. The molecule has 0 saturated heterocycles. The van der Waals surface area contributed by atoms with Gasteiger partial charge in [0.2, 0.25) is 5.91 Å². The van der Waals surface area contributed by atoms with Gasteiger partial charge in [0, 0.05) is 33.8 Å². The number of hydrogen-bond acceptors (Lipinski definition) is 3. The number of nitro groups is 1. The molecule has 0 saturated carbocycles. The Morgan fingerprint density at radius 3 is 2.35 bits per heavy atom. The number of nitrogens with one attached hydrogen (secondary N) is 1. The molecule has 0 heterocycles. The smallest absolute Gasteiger partial charge is 0.271 e. The summed E-state index contributed by atoms with van der Waals surface area (Å²) in [5, 5.41) is 14.2. The van der Waals surface area contributed by atoms with Gasteiger partial charge in [-0.3, -0.25) is 14.9 Å². The number of nitrogens with zero attached hydrogens (tertiary/aromatic N) is 1. The monoisotopic (exact) mass is 370 g/mol. The van der Waals surface area contributed by atoms with Gasteiger partial charge in [0.05, 0.1) is 15.6 Å². The summed E-state index contributed by atoms with van der Waals surface area (Å²) >= 11 is 17.9. The van der Waals surface area contributed by atoms with Gasteiger partial charge in [-0.2, -0.15) is 0 Å². The average Bonchev–Trinajstić information content (AvgIpc) is 2.48. The molecule has 118 valence electrons. The molecular weight excluding hydrogens is 363 g/mol. The highest BCUT2D eigenvalue weighted by Crippen LogP contribution is 2.27. The zero-order valence-electron chi connectivity index (χ0n) is 11.4. The first-order chi connectivity index (χ1) is 10.9. The molecule has 5 nitrogen and oxygen atoms in total. The van der Waals surface area contributed by atoms with Crippen LogP contribution in [0.3, 0.4) is 0 Å². The first-order valence-corrected chi connectivity index (χ1v) is 7.39. The largest absolute Gasteiger partial charge is 0.321 e. The van der Waals surface area contributed by atoms with Gasteiger partial charge >= 0.3 is 0 Å². The molecule has 23 heavy (non-hydrogen) atoms. The Labute approximate surface area is 146 Å². The van der Waals surface area contributed by atoms with E-state index in [0.717, 1.165) is 0 Å². The van der Waals surface area contributed by atoms with Crippen molar-refractivity contribution in [3.8, 4) is 0 Å². The molecule has 0 unspecified atom stereocenters. The molecule has 2 aromatic carbocycles. The third kappa shape index (κ3) is 4.45. The molecule has 8 heteroatoms. The molecular formula is C15H9Cl3N2O3. The second-order valence-electron chi connectivity index (χ2n) is 4.38. The van der Waals surface area contributed by atoms with Crippen molar-refractivity contribution >= 4 is 58.2 Å². The summed E-state index contributed by atoms with van der Waals surface area (Å²) in [6, 6.07) is 8.73. The first-order valence-electron chi connectivity index (χ1n) is 6.25. The van der Waals surface area contributed by atoms with Crippen molar-refractivity contribution in [3.63, 3.8) is 0 Å².